The van der Waals surface area contributed by atoms with Crippen LogP contribution in [0.25, 0.3) is 0 Å². The first-order chi connectivity index (χ1) is 10.5. The lowest BCUT2D eigenvalue weighted by Crippen LogP contribution is -2.55. The van der Waals surface area contributed by atoms with Gasteiger partial charge in [-0.1, -0.05) is 6.07 Å². The maximum Gasteiger partial charge on any atom is 0.309 e. The number of hydrogen-bond acceptors (Lipinski definition) is 4. The number of carboxylic acid groups (broad SMARTS) is 1. The van der Waals surface area contributed by atoms with Gasteiger partial charge in [0.05, 0.1) is 17.2 Å². The third-order valence-corrected chi connectivity index (χ3v) is 4.82. The smallest absolute Gasteiger partial charge is 0.309 e. The molecule has 2 aliphatic heterocycles. The molecular weight excluding hydrogens is 282 g/mol. The van der Waals surface area contributed by atoms with Crippen molar-refractivity contribution >= 4 is 11.9 Å². The Kier molecular flexibility index (Phi) is 3.87. The normalized spacial score (nSPS) is 24.4. The highest BCUT2D eigenvalue weighted by molar-refractivity contribution is 5.88. The van der Waals surface area contributed by atoms with E-state index in [-0.39, 0.29) is 12.3 Å². The zero-order valence-corrected chi connectivity index (χ0v) is 12.7. The van der Waals surface area contributed by atoms with E-state index < -0.39 is 17.4 Å². The second-order valence-corrected chi connectivity index (χ2v) is 6.35. The van der Waals surface area contributed by atoms with E-state index in [2.05, 4.69) is 15.2 Å². The van der Waals surface area contributed by atoms with E-state index >= 15 is 0 Å². The van der Waals surface area contributed by atoms with E-state index in [1.54, 1.807) is 0 Å². The molecule has 22 heavy (non-hydrogen) atoms. The van der Waals surface area contributed by atoms with Crippen LogP contribution in [0.4, 0.5) is 0 Å². The van der Waals surface area contributed by atoms with Crippen LogP contribution in [0.15, 0.2) is 18.2 Å². The number of hydrogen-bond donors (Lipinski definition) is 2. The predicted octanol–water partition coefficient (Wildman–Crippen LogP) is 0.945. The van der Waals surface area contributed by atoms with E-state index in [1.807, 2.05) is 25.1 Å². The molecule has 6 nitrogen and oxygen atoms in total. The minimum atomic E-state index is -0.868. The minimum Gasteiger partial charge on any atom is -0.481 e. The lowest BCUT2D eigenvalue weighted by atomic mass is 9.77. The third-order valence-electron chi connectivity index (χ3n) is 4.82. The van der Waals surface area contributed by atoms with Crippen molar-refractivity contribution in [3.63, 3.8) is 0 Å². The van der Waals surface area contributed by atoms with Crippen molar-refractivity contribution in [3.8, 4) is 0 Å². The summed E-state index contributed by atoms with van der Waals surface area (Å²) in [6.07, 6.45) is 1.47. The number of nitrogens with one attached hydrogen (secondary N) is 1. The minimum absolute atomic E-state index is 0.106. The van der Waals surface area contributed by atoms with Crippen molar-refractivity contribution in [2.45, 2.75) is 38.3 Å². The molecule has 118 valence electrons. The van der Waals surface area contributed by atoms with Crippen molar-refractivity contribution in [1.29, 1.82) is 0 Å². The number of pyridine rings is 1. The first-order valence-electron chi connectivity index (χ1n) is 7.67. The zero-order valence-electron chi connectivity index (χ0n) is 12.7. The summed E-state index contributed by atoms with van der Waals surface area (Å²) < 4.78 is 0. The van der Waals surface area contributed by atoms with Crippen LogP contribution in [0, 0.1) is 12.8 Å². The van der Waals surface area contributed by atoms with Crippen molar-refractivity contribution in [2.75, 3.05) is 13.1 Å². The van der Waals surface area contributed by atoms with Crippen molar-refractivity contribution in [1.82, 2.24) is 15.2 Å². The first kappa shape index (κ1) is 15.0. The number of rotatable bonds is 3. The fourth-order valence-corrected chi connectivity index (χ4v) is 3.62. The zero-order chi connectivity index (χ0) is 15.7. The summed E-state index contributed by atoms with van der Waals surface area (Å²) >= 11 is 0. The monoisotopic (exact) mass is 303 g/mol. The average molecular weight is 303 g/mol. The number of nitrogens with zero attached hydrogens (tertiary/aromatic N) is 2. The van der Waals surface area contributed by atoms with Gasteiger partial charge in [-0.15, -0.1) is 0 Å². The Labute approximate surface area is 129 Å². The molecule has 0 aliphatic carbocycles. The summed E-state index contributed by atoms with van der Waals surface area (Å²) in [6.45, 7) is 4.29. The summed E-state index contributed by atoms with van der Waals surface area (Å²) in [5, 5.41) is 12.3. The molecule has 0 bridgehead atoms. The maximum absolute atomic E-state index is 11.6. The van der Waals surface area contributed by atoms with Gasteiger partial charge in [-0.25, -0.2) is 0 Å². The number of amides is 1. The number of likely N-dealkylation sites (tertiary alicyclic amines) is 1. The molecule has 3 rings (SSSR count). The van der Waals surface area contributed by atoms with Crippen LogP contribution in [-0.4, -0.2) is 45.5 Å². The first-order valence-corrected chi connectivity index (χ1v) is 7.67. The maximum atomic E-state index is 11.6. The molecule has 0 saturated carbocycles. The van der Waals surface area contributed by atoms with Gasteiger partial charge < -0.3 is 10.4 Å². The summed E-state index contributed by atoms with van der Waals surface area (Å²) in [7, 11) is 0. The molecule has 0 radical (unpaired) electrons. The SMILES string of the molecule is Cc1cccc(CN2CCC3(CC2)NC(=O)C[C@@H]3C(=O)O)n1. The van der Waals surface area contributed by atoms with Crippen LogP contribution in [0.1, 0.15) is 30.7 Å². The van der Waals surface area contributed by atoms with Crippen molar-refractivity contribution in [2.24, 2.45) is 5.92 Å². The fraction of sp³-hybridized carbons (Fsp3) is 0.562. The van der Waals surface area contributed by atoms with Gasteiger partial charge in [0.2, 0.25) is 5.91 Å². The van der Waals surface area contributed by atoms with Crippen LogP contribution in [0.3, 0.4) is 0 Å². The Morgan fingerprint density at radius 3 is 2.82 bits per heavy atom. The van der Waals surface area contributed by atoms with Crippen LogP contribution < -0.4 is 5.32 Å². The van der Waals surface area contributed by atoms with Gasteiger partial charge in [-0.05, 0) is 31.9 Å². The van der Waals surface area contributed by atoms with E-state index in [9.17, 15) is 14.7 Å². The lowest BCUT2D eigenvalue weighted by Gasteiger charge is -2.41. The number of piperidine rings is 1. The third kappa shape index (κ3) is 2.83. The molecule has 2 saturated heterocycles. The quantitative estimate of drug-likeness (QED) is 0.868. The van der Waals surface area contributed by atoms with E-state index in [0.29, 0.717) is 12.8 Å². The van der Waals surface area contributed by atoms with Gasteiger partial charge in [0, 0.05) is 31.7 Å². The molecular formula is C16H21N3O3. The summed E-state index contributed by atoms with van der Waals surface area (Å²) in [4.78, 5) is 29.8. The molecule has 2 aliphatic rings. The van der Waals surface area contributed by atoms with Gasteiger partial charge in [-0.2, -0.15) is 0 Å². The molecule has 0 unspecified atom stereocenters. The van der Waals surface area contributed by atoms with Gasteiger partial charge in [0.1, 0.15) is 0 Å². The van der Waals surface area contributed by atoms with E-state index in [1.165, 1.54) is 0 Å². The lowest BCUT2D eigenvalue weighted by molar-refractivity contribution is -0.144. The van der Waals surface area contributed by atoms with E-state index in [0.717, 1.165) is 31.0 Å². The van der Waals surface area contributed by atoms with E-state index in [4.69, 9.17) is 0 Å². The molecule has 6 heteroatoms. The van der Waals surface area contributed by atoms with Crippen LogP contribution in [0.5, 0.6) is 0 Å². The number of carbonyl (C=O) groups excluding carboxylic acids is 1. The van der Waals surface area contributed by atoms with Crippen molar-refractivity contribution in [3.05, 3.63) is 29.6 Å². The van der Waals surface area contributed by atoms with Gasteiger partial charge in [0.25, 0.3) is 0 Å². The number of carbonyl (C=O) groups is 2. The van der Waals surface area contributed by atoms with Gasteiger partial charge in [0.15, 0.2) is 0 Å². The standard InChI is InChI=1S/C16H21N3O3/c1-11-3-2-4-12(17-11)10-19-7-5-16(6-8-19)13(15(21)22)9-14(20)18-16/h2-4,13H,5-10H2,1H3,(H,18,20)(H,21,22)/t13-/m1/s1. The highest BCUT2D eigenvalue weighted by atomic mass is 16.4. The Morgan fingerprint density at radius 1 is 1.45 bits per heavy atom. The number of aryl methyl sites for hydroxylation is 1. The molecule has 1 amide bonds. The second-order valence-electron chi connectivity index (χ2n) is 6.35. The van der Waals surface area contributed by atoms with Gasteiger partial charge >= 0.3 is 5.97 Å². The number of aliphatic carboxylic acids is 1. The molecule has 1 aromatic heterocycles. The van der Waals surface area contributed by atoms with Crippen LogP contribution >= 0.6 is 0 Å². The molecule has 1 aromatic rings. The summed E-state index contributed by atoms with van der Waals surface area (Å²) in [5.74, 6) is -1.60. The second kappa shape index (κ2) is 5.68. The highest BCUT2D eigenvalue weighted by Gasteiger charge is 2.51. The largest absolute Gasteiger partial charge is 0.481 e. The van der Waals surface area contributed by atoms with Crippen LogP contribution in [-0.2, 0) is 16.1 Å². The predicted molar refractivity (Wildman–Crippen MR) is 80.1 cm³/mol. The van der Waals surface area contributed by atoms with Crippen LogP contribution in [0.2, 0.25) is 0 Å². The number of aromatic nitrogens is 1. The molecule has 1 spiro atoms. The topological polar surface area (TPSA) is 82.5 Å². The highest BCUT2D eigenvalue weighted by Crippen LogP contribution is 2.37. The summed E-state index contributed by atoms with van der Waals surface area (Å²) in [5.41, 5.74) is 1.47. The van der Waals surface area contributed by atoms with Gasteiger partial charge in [-0.3, -0.25) is 19.5 Å². The molecule has 0 aromatic carbocycles. The Morgan fingerprint density at radius 2 is 2.18 bits per heavy atom. The molecule has 2 N–H and O–H groups in total. The Hall–Kier alpha value is -1.95. The van der Waals surface area contributed by atoms with Crippen molar-refractivity contribution < 1.29 is 14.7 Å². The Balaban J connectivity index is 1.65. The summed E-state index contributed by atoms with van der Waals surface area (Å²) in [6, 6.07) is 5.98. The number of carboxylic acids is 1. The molecule has 2 fully saturated rings. The fourth-order valence-electron chi connectivity index (χ4n) is 3.62. The average Bonchev–Trinajstić information content (AvgIpc) is 2.79. The Bertz CT molecular complexity index is 594. The molecule has 1 atom stereocenters. The molecule has 3 heterocycles.